The lowest BCUT2D eigenvalue weighted by Crippen LogP contribution is -2.34. The Bertz CT molecular complexity index is 2470. The Morgan fingerprint density at radius 3 is 1.47 bits per heavy atom. The number of hydrogen-bond acceptors (Lipinski definition) is 7. The number of anilines is 2. The second-order valence-electron chi connectivity index (χ2n) is 14.3. The number of esters is 1. The maximum absolute atomic E-state index is 13.1. The minimum Gasteiger partial charge on any atom is -0.478 e. The molecule has 1 N–H and O–H groups in total. The first kappa shape index (κ1) is 42.5. The molecule has 16 heteroatoms. The van der Waals surface area contributed by atoms with Crippen molar-refractivity contribution in [2.24, 2.45) is 0 Å². The zero-order valence-corrected chi connectivity index (χ0v) is 35.0. The van der Waals surface area contributed by atoms with Crippen molar-refractivity contribution in [2.45, 2.75) is 44.7 Å². The molecule has 2 atom stereocenters. The van der Waals surface area contributed by atoms with Gasteiger partial charge in [0.05, 0.1) is 30.1 Å². The molecule has 0 spiro atoms. The summed E-state index contributed by atoms with van der Waals surface area (Å²) >= 11 is 24.2. The molecule has 0 saturated carbocycles. The van der Waals surface area contributed by atoms with Gasteiger partial charge in [-0.2, -0.15) is 0 Å². The molecule has 2 aliphatic carbocycles. The molecule has 2 aliphatic heterocycles. The molecule has 0 radical (unpaired) electrons. The first-order chi connectivity index (χ1) is 28.7. The highest BCUT2D eigenvalue weighted by atomic mass is 35.5. The summed E-state index contributed by atoms with van der Waals surface area (Å²) in [5, 5.41) is 10.2. The van der Waals surface area contributed by atoms with Gasteiger partial charge in [0.2, 0.25) is 0 Å². The van der Waals surface area contributed by atoms with Crippen LogP contribution in [0.25, 0.3) is 12.2 Å². The molecule has 0 bridgehead atoms. The van der Waals surface area contributed by atoms with Crippen LogP contribution in [0, 0.1) is 0 Å². The zero-order chi connectivity index (χ0) is 42.8. The molecule has 0 aromatic heterocycles. The Morgan fingerprint density at radius 1 is 0.650 bits per heavy atom. The third kappa shape index (κ3) is 9.07. The summed E-state index contributed by atoms with van der Waals surface area (Å²) < 4.78 is 4.90. The van der Waals surface area contributed by atoms with Crippen molar-refractivity contribution in [2.75, 3.05) is 29.5 Å². The van der Waals surface area contributed by atoms with Crippen molar-refractivity contribution in [3.05, 3.63) is 138 Å². The number of carboxylic acids is 1. The number of imide groups is 2. The van der Waals surface area contributed by atoms with Crippen LogP contribution >= 0.6 is 46.4 Å². The van der Waals surface area contributed by atoms with Crippen LogP contribution in [-0.2, 0) is 36.8 Å². The number of aliphatic carboxylic acids is 1. The molecule has 4 aromatic carbocycles. The highest BCUT2D eigenvalue weighted by molar-refractivity contribution is 6.36. The average molecular weight is 891 g/mol. The Kier molecular flexibility index (Phi) is 12.7. The van der Waals surface area contributed by atoms with Gasteiger partial charge in [-0.25, -0.2) is 29.0 Å². The van der Waals surface area contributed by atoms with E-state index in [0.29, 0.717) is 44.5 Å². The Labute approximate surface area is 365 Å². The van der Waals surface area contributed by atoms with Crippen LogP contribution < -0.4 is 9.80 Å². The Morgan fingerprint density at radius 2 is 1.07 bits per heavy atom. The Balaban J connectivity index is 0.000000182. The number of hydrogen-bond donors (Lipinski definition) is 1. The van der Waals surface area contributed by atoms with Crippen molar-refractivity contribution >= 4 is 106 Å². The number of rotatable bonds is 9. The van der Waals surface area contributed by atoms with Gasteiger partial charge in [0.25, 0.3) is 11.8 Å². The van der Waals surface area contributed by atoms with E-state index in [1.165, 1.54) is 24.3 Å². The molecule has 2 fully saturated rings. The second-order valence-corrected chi connectivity index (χ2v) is 16.1. The summed E-state index contributed by atoms with van der Waals surface area (Å²) in [6, 6.07) is 19.6. The average Bonchev–Trinajstić information content (AvgIpc) is 3.94. The number of urea groups is 2. The number of carbonyl (C=O) groups excluding carboxylic acids is 5. The number of carboxylic acid groups (broad SMARTS) is 1. The van der Waals surface area contributed by atoms with Crippen molar-refractivity contribution in [3.63, 3.8) is 0 Å². The number of carbonyl (C=O) groups is 6. The largest absolute Gasteiger partial charge is 0.478 e. The predicted octanol–water partition coefficient (Wildman–Crippen LogP) is 9.57. The van der Waals surface area contributed by atoms with Crippen molar-refractivity contribution in [1.82, 2.24) is 9.80 Å². The van der Waals surface area contributed by atoms with Crippen LogP contribution in [0.4, 0.5) is 21.0 Å². The van der Waals surface area contributed by atoms with E-state index in [-0.39, 0.29) is 49.0 Å². The molecule has 2 saturated heterocycles. The van der Waals surface area contributed by atoms with E-state index in [9.17, 15) is 28.8 Å². The fourth-order valence-electron chi connectivity index (χ4n) is 7.98. The van der Waals surface area contributed by atoms with Gasteiger partial charge < -0.3 is 19.6 Å². The van der Waals surface area contributed by atoms with Crippen LogP contribution in [0.2, 0.25) is 20.1 Å². The maximum atomic E-state index is 13.1. The number of benzene rings is 4. The Hall–Kier alpha value is -5.66. The summed E-state index contributed by atoms with van der Waals surface area (Å²) in [5.41, 5.74) is 6.52. The molecule has 6 amide bonds. The summed E-state index contributed by atoms with van der Waals surface area (Å²) in [6.07, 6.45) is 8.68. The molecule has 2 heterocycles. The van der Waals surface area contributed by atoms with Gasteiger partial charge in [-0.05, 0) is 115 Å². The van der Waals surface area contributed by atoms with E-state index >= 15 is 0 Å². The molecule has 12 nitrogen and oxygen atoms in total. The molecular formula is C44H36Cl4N4O8. The van der Waals surface area contributed by atoms with E-state index in [4.69, 9.17) is 56.2 Å². The summed E-state index contributed by atoms with van der Waals surface area (Å²) in [7, 11) is 0. The summed E-state index contributed by atoms with van der Waals surface area (Å²) in [4.78, 5) is 79.1. The van der Waals surface area contributed by atoms with Crippen LogP contribution in [0.15, 0.2) is 84.9 Å². The molecule has 8 rings (SSSR count). The van der Waals surface area contributed by atoms with Gasteiger partial charge in [-0.1, -0.05) is 82.8 Å². The normalized spacial score (nSPS) is 18.5. The minimum absolute atomic E-state index is 0.00240. The second kappa shape index (κ2) is 17.9. The van der Waals surface area contributed by atoms with Gasteiger partial charge in [0.15, 0.2) is 0 Å². The smallest absolute Gasteiger partial charge is 0.332 e. The molecule has 2 unspecified atom stereocenters. The first-order valence-electron chi connectivity index (χ1n) is 18.9. The molecule has 308 valence electrons. The number of nitrogens with zero attached hydrogens (tertiary/aromatic N) is 4. The monoisotopic (exact) mass is 888 g/mol. The number of amides is 6. The zero-order valence-electron chi connectivity index (χ0n) is 31.9. The van der Waals surface area contributed by atoms with E-state index in [2.05, 4.69) is 0 Å². The lowest BCUT2D eigenvalue weighted by molar-refractivity contribution is -0.137. The summed E-state index contributed by atoms with van der Waals surface area (Å²) in [5.74, 6) is -2.04. The lowest BCUT2D eigenvalue weighted by atomic mass is 10.0. The first-order valence-corrected chi connectivity index (χ1v) is 20.4. The predicted molar refractivity (Wildman–Crippen MR) is 229 cm³/mol. The number of fused-ring (bicyclic) bond motifs is 2. The molecular weight excluding hydrogens is 854 g/mol. The van der Waals surface area contributed by atoms with Crippen molar-refractivity contribution < 1.29 is 38.6 Å². The number of aryl methyl sites for hydroxylation is 2. The molecule has 4 aromatic rings. The fourth-order valence-corrected chi connectivity index (χ4v) is 9.01. The van der Waals surface area contributed by atoms with Crippen LogP contribution in [0.1, 0.15) is 65.2 Å². The topological polar surface area (TPSA) is 145 Å². The van der Waals surface area contributed by atoms with E-state index in [0.717, 1.165) is 68.5 Å². The van der Waals surface area contributed by atoms with Gasteiger partial charge in [-0.15, -0.1) is 0 Å². The van der Waals surface area contributed by atoms with Gasteiger partial charge >= 0.3 is 24.0 Å². The standard InChI is InChI=1S/C23H20Cl2N2O4.C21H16Cl2N2O4/c1-2-31-22(29)8-4-14-3-6-19-15(9-14)5-7-20(19)26-13-21(28)27(23(26)30)18-11-16(24)10-17(25)12-18;22-14-8-15(23)10-16(9-14)25-19(26)11-24(21(25)29)18-5-3-13-7-12(1-4-17(13)18)2-6-20(27)28/h3-4,6,8-12,20H,2,5,7,13H2,1H3;1-2,4,6-10,18H,3,5,11H2,(H,27,28)/b8-4+;6-2+. The van der Waals surface area contributed by atoms with Crippen LogP contribution in [0.3, 0.4) is 0 Å². The minimum atomic E-state index is -1.01. The van der Waals surface area contributed by atoms with E-state index in [1.54, 1.807) is 47.1 Å². The number of ether oxygens (including phenoxy) is 1. The molecule has 60 heavy (non-hydrogen) atoms. The van der Waals surface area contributed by atoms with E-state index in [1.807, 2.05) is 36.4 Å². The molecule has 4 aliphatic rings. The maximum Gasteiger partial charge on any atom is 0.332 e. The van der Waals surface area contributed by atoms with Crippen LogP contribution in [0.5, 0.6) is 0 Å². The quantitative estimate of drug-likeness (QED) is 0.0994. The highest BCUT2D eigenvalue weighted by Gasteiger charge is 2.44. The van der Waals surface area contributed by atoms with Gasteiger partial charge in [-0.3, -0.25) is 9.59 Å². The van der Waals surface area contributed by atoms with Crippen molar-refractivity contribution in [1.29, 1.82) is 0 Å². The third-order valence-electron chi connectivity index (χ3n) is 10.5. The summed E-state index contributed by atoms with van der Waals surface area (Å²) in [6.45, 7) is 2.06. The number of halogens is 4. The van der Waals surface area contributed by atoms with Gasteiger partial charge in [0, 0.05) is 32.2 Å². The third-order valence-corrected chi connectivity index (χ3v) is 11.4. The van der Waals surface area contributed by atoms with Crippen molar-refractivity contribution in [3.8, 4) is 0 Å². The lowest BCUT2D eigenvalue weighted by Gasteiger charge is -2.24. The highest BCUT2D eigenvalue weighted by Crippen LogP contribution is 2.41. The van der Waals surface area contributed by atoms with Gasteiger partial charge in [0.1, 0.15) is 13.1 Å². The fraction of sp³-hybridized carbons (Fsp3) is 0.227. The van der Waals surface area contributed by atoms with E-state index < -0.39 is 12.0 Å². The SMILES string of the molecule is CCOC(=O)/C=C/c1ccc2c(c1)CCC2N1CC(=O)N(c2cc(Cl)cc(Cl)c2)C1=O.O=C(O)/C=C/c1ccc2c(c1)CCC2N1CC(=O)N(c2cc(Cl)cc(Cl)c2)C1=O. The van der Waals surface area contributed by atoms with Crippen LogP contribution in [-0.4, -0.2) is 70.4 Å².